The quantitative estimate of drug-likeness (QED) is 0.141. The summed E-state index contributed by atoms with van der Waals surface area (Å²) in [7, 11) is 0. The van der Waals surface area contributed by atoms with Gasteiger partial charge in [0.2, 0.25) is 17.7 Å². The summed E-state index contributed by atoms with van der Waals surface area (Å²) in [6.45, 7) is 4.72. The van der Waals surface area contributed by atoms with Gasteiger partial charge in [0.05, 0.1) is 18.6 Å². The summed E-state index contributed by atoms with van der Waals surface area (Å²) < 4.78 is 0. The van der Waals surface area contributed by atoms with Crippen LogP contribution in [0.4, 0.5) is 0 Å². The summed E-state index contributed by atoms with van der Waals surface area (Å²) in [5.41, 5.74) is 5.81. The molecule has 0 saturated heterocycles. The average molecular weight is 451 g/mol. The van der Waals surface area contributed by atoms with Crippen molar-refractivity contribution in [3.63, 3.8) is 0 Å². The van der Waals surface area contributed by atoms with Gasteiger partial charge in [-0.05, 0) is 12.8 Å². The molecule has 0 radical (unpaired) electrons. The number of carboxylic acids is 2. The number of aliphatic hydroxyl groups is 1. The predicted octanol–water partition coefficient (Wildman–Crippen LogP) is -2.32. The van der Waals surface area contributed by atoms with Gasteiger partial charge in [-0.25, -0.2) is 4.79 Å². The van der Waals surface area contributed by atoms with Crippen molar-refractivity contribution in [2.75, 3.05) is 5.75 Å². The second-order valence-corrected chi connectivity index (χ2v) is 7.24. The minimum atomic E-state index is -1.71. The molecule has 0 aromatic carbocycles. The van der Waals surface area contributed by atoms with Gasteiger partial charge in [0, 0.05) is 5.75 Å². The Morgan fingerprint density at radius 1 is 0.933 bits per heavy atom. The molecule has 0 aromatic rings. The van der Waals surface area contributed by atoms with Crippen LogP contribution in [0.2, 0.25) is 0 Å². The molecule has 3 amide bonds. The highest BCUT2D eigenvalue weighted by Gasteiger charge is 2.33. The van der Waals surface area contributed by atoms with Crippen LogP contribution in [-0.2, 0) is 24.0 Å². The van der Waals surface area contributed by atoms with Crippen molar-refractivity contribution < 1.29 is 39.3 Å². The van der Waals surface area contributed by atoms with Crippen LogP contribution < -0.4 is 21.7 Å². The van der Waals surface area contributed by atoms with Gasteiger partial charge in [-0.1, -0.05) is 20.3 Å². The topological polar surface area (TPSA) is 208 Å². The number of carboxylic acid groups (broad SMARTS) is 2. The Kier molecular flexibility index (Phi) is 12.0. The number of nitrogens with one attached hydrogen (secondary N) is 3. The Balaban J connectivity index is 5.31. The molecule has 0 aliphatic rings. The van der Waals surface area contributed by atoms with Gasteiger partial charge < -0.3 is 37.0 Å². The smallest absolute Gasteiger partial charge is 0.328 e. The molecular weight excluding hydrogens is 420 g/mol. The molecule has 0 heterocycles. The predicted molar refractivity (Wildman–Crippen MR) is 109 cm³/mol. The summed E-state index contributed by atoms with van der Waals surface area (Å²) >= 11 is 3.98. The number of hydrogen-bond donors (Lipinski definition) is 8. The number of hydrogen-bond acceptors (Lipinski definition) is 8. The summed E-state index contributed by atoms with van der Waals surface area (Å²) in [5.74, 6) is -5.95. The number of rotatable bonds is 13. The van der Waals surface area contributed by atoms with E-state index in [-0.39, 0.29) is 11.7 Å². The molecule has 8 N–H and O–H groups in total. The summed E-state index contributed by atoms with van der Waals surface area (Å²) in [6, 6.07) is -5.46. The third-order valence-electron chi connectivity index (χ3n) is 4.43. The maximum Gasteiger partial charge on any atom is 0.328 e. The van der Waals surface area contributed by atoms with Crippen molar-refractivity contribution in [2.24, 2.45) is 11.7 Å². The Hall–Kier alpha value is -2.38. The number of carbonyl (C=O) groups excluding carboxylic acids is 3. The van der Waals surface area contributed by atoms with Gasteiger partial charge in [0.15, 0.2) is 6.04 Å². The van der Waals surface area contributed by atoms with Gasteiger partial charge >= 0.3 is 11.9 Å². The van der Waals surface area contributed by atoms with Gasteiger partial charge in [-0.2, -0.15) is 12.6 Å². The molecule has 0 aromatic heterocycles. The largest absolute Gasteiger partial charge is 0.481 e. The Morgan fingerprint density at radius 3 is 1.83 bits per heavy atom. The van der Waals surface area contributed by atoms with Crippen molar-refractivity contribution in [3.8, 4) is 0 Å². The second kappa shape index (κ2) is 13.0. The van der Waals surface area contributed by atoms with Gasteiger partial charge in [0.25, 0.3) is 0 Å². The summed E-state index contributed by atoms with van der Waals surface area (Å²) in [5, 5.41) is 34.0. The molecule has 172 valence electrons. The van der Waals surface area contributed by atoms with E-state index in [4.69, 9.17) is 15.9 Å². The third-order valence-corrected chi connectivity index (χ3v) is 4.80. The Morgan fingerprint density at radius 2 is 1.43 bits per heavy atom. The van der Waals surface area contributed by atoms with Crippen LogP contribution in [-0.4, -0.2) is 81.0 Å². The zero-order chi connectivity index (χ0) is 23.6. The molecule has 0 bridgehead atoms. The van der Waals surface area contributed by atoms with E-state index in [1.807, 2.05) is 12.2 Å². The highest BCUT2D eigenvalue weighted by atomic mass is 32.1. The molecule has 0 rings (SSSR count). The highest BCUT2D eigenvalue weighted by molar-refractivity contribution is 7.80. The third kappa shape index (κ3) is 8.97. The van der Waals surface area contributed by atoms with E-state index in [1.165, 1.54) is 0 Å². The molecule has 12 nitrogen and oxygen atoms in total. The number of amides is 3. The Bertz CT molecular complexity index is 645. The van der Waals surface area contributed by atoms with E-state index < -0.39 is 66.4 Å². The molecule has 30 heavy (non-hydrogen) atoms. The number of carbonyl (C=O) groups is 5. The lowest BCUT2D eigenvalue weighted by atomic mass is 9.99. The fourth-order valence-corrected chi connectivity index (χ4v) is 2.53. The highest BCUT2D eigenvalue weighted by Crippen LogP contribution is 2.06. The minimum absolute atomic E-state index is 0.160. The maximum atomic E-state index is 12.5. The van der Waals surface area contributed by atoms with Crippen LogP contribution in [0.15, 0.2) is 0 Å². The molecule has 0 aliphatic heterocycles. The molecule has 13 heteroatoms. The number of nitrogens with two attached hydrogens (primary N) is 1. The van der Waals surface area contributed by atoms with E-state index in [2.05, 4.69) is 23.3 Å². The van der Waals surface area contributed by atoms with Crippen LogP contribution in [0.3, 0.4) is 0 Å². The number of thiol groups is 1. The van der Waals surface area contributed by atoms with Crippen molar-refractivity contribution >= 4 is 42.3 Å². The van der Waals surface area contributed by atoms with Gasteiger partial charge in [0.1, 0.15) is 12.1 Å². The first-order chi connectivity index (χ1) is 13.8. The fraction of sp³-hybridized carbons (Fsp3) is 0.706. The zero-order valence-corrected chi connectivity index (χ0v) is 17.9. The van der Waals surface area contributed by atoms with Crippen molar-refractivity contribution in [1.29, 1.82) is 0 Å². The van der Waals surface area contributed by atoms with Crippen LogP contribution >= 0.6 is 12.6 Å². The van der Waals surface area contributed by atoms with Crippen molar-refractivity contribution in [2.45, 2.75) is 63.9 Å². The van der Waals surface area contributed by atoms with E-state index in [0.29, 0.717) is 6.42 Å². The lowest BCUT2D eigenvalue weighted by molar-refractivity contribution is -0.146. The first-order valence-electron chi connectivity index (χ1n) is 9.25. The van der Waals surface area contributed by atoms with Gasteiger partial charge in [-0.15, -0.1) is 0 Å². The Labute approximate surface area is 179 Å². The molecular formula is C17H30N4O8S. The van der Waals surface area contributed by atoms with E-state index >= 15 is 0 Å². The molecule has 0 fully saturated rings. The van der Waals surface area contributed by atoms with E-state index in [0.717, 1.165) is 6.92 Å². The molecule has 0 aliphatic carbocycles. The second-order valence-electron chi connectivity index (χ2n) is 6.88. The summed E-state index contributed by atoms with van der Waals surface area (Å²) in [4.78, 5) is 59.2. The van der Waals surface area contributed by atoms with Crippen molar-refractivity contribution in [3.05, 3.63) is 0 Å². The SMILES string of the molecule is CCC(C)C(N)C(=O)NC(CS)C(=O)NC(CC(=O)O)C(=O)NC(C(=O)O)C(C)O. The standard InChI is InChI=1S/C17H30N4O8S/c1-4-7(2)12(18)16(27)20-10(6-30)15(26)19-9(5-11(23)24)14(25)21-13(8(3)22)17(28)29/h7-10,12-13,22,30H,4-6,18H2,1-3H3,(H,19,26)(H,20,27)(H,21,25)(H,23,24)(H,28,29). The molecule has 6 atom stereocenters. The lowest BCUT2D eigenvalue weighted by Crippen LogP contribution is -2.59. The van der Waals surface area contributed by atoms with Crippen LogP contribution in [0, 0.1) is 5.92 Å². The van der Waals surface area contributed by atoms with E-state index in [1.54, 1.807) is 6.92 Å². The average Bonchev–Trinajstić information content (AvgIpc) is 2.66. The number of aliphatic carboxylic acids is 2. The monoisotopic (exact) mass is 450 g/mol. The van der Waals surface area contributed by atoms with Gasteiger partial charge in [-0.3, -0.25) is 19.2 Å². The van der Waals surface area contributed by atoms with Crippen LogP contribution in [0.25, 0.3) is 0 Å². The van der Waals surface area contributed by atoms with E-state index in [9.17, 15) is 29.1 Å². The fourth-order valence-electron chi connectivity index (χ4n) is 2.27. The van der Waals surface area contributed by atoms with Crippen molar-refractivity contribution in [1.82, 2.24) is 16.0 Å². The normalized spacial score (nSPS) is 16.9. The molecule has 6 unspecified atom stereocenters. The summed E-state index contributed by atoms with van der Waals surface area (Å²) in [6.07, 6.45) is -1.70. The molecule has 0 saturated carbocycles. The number of aliphatic hydroxyl groups excluding tert-OH is 1. The minimum Gasteiger partial charge on any atom is -0.481 e. The first kappa shape index (κ1) is 27.6. The first-order valence-corrected chi connectivity index (χ1v) is 9.89. The lowest BCUT2D eigenvalue weighted by Gasteiger charge is -2.25. The maximum absolute atomic E-state index is 12.5. The van der Waals surface area contributed by atoms with Crippen LogP contribution in [0.5, 0.6) is 0 Å². The van der Waals surface area contributed by atoms with Crippen LogP contribution in [0.1, 0.15) is 33.6 Å². The zero-order valence-electron chi connectivity index (χ0n) is 17.0. The molecule has 0 spiro atoms.